The zero-order valence-corrected chi connectivity index (χ0v) is 12.7. The quantitative estimate of drug-likeness (QED) is 0.864. The van der Waals surface area contributed by atoms with Gasteiger partial charge in [0.05, 0.1) is 10.9 Å². The van der Waals surface area contributed by atoms with Gasteiger partial charge in [0.15, 0.2) is 0 Å². The Morgan fingerprint density at radius 1 is 1.38 bits per heavy atom. The highest BCUT2D eigenvalue weighted by Crippen LogP contribution is 2.19. The third kappa shape index (κ3) is 4.26. The summed E-state index contributed by atoms with van der Waals surface area (Å²) in [5.74, 6) is -0.0607. The van der Waals surface area contributed by atoms with Gasteiger partial charge in [-0.2, -0.15) is 0 Å². The number of hydrogen-bond donors (Lipinski definition) is 2. The number of primary sulfonamides is 1. The molecule has 1 saturated heterocycles. The van der Waals surface area contributed by atoms with Crippen molar-refractivity contribution in [3.8, 4) is 0 Å². The summed E-state index contributed by atoms with van der Waals surface area (Å²) < 4.78 is 27.9. The molecule has 2 rings (SSSR count). The van der Waals surface area contributed by atoms with Crippen molar-refractivity contribution >= 4 is 15.9 Å². The van der Waals surface area contributed by atoms with Crippen LogP contribution >= 0.6 is 0 Å². The number of carbonyl (C=O) groups excluding carboxylic acids is 1. The van der Waals surface area contributed by atoms with E-state index < -0.39 is 10.0 Å². The van der Waals surface area contributed by atoms with Gasteiger partial charge in [0.1, 0.15) is 0 Å². The molecule has 116 valence electrons. The van der Waals surface area contributed by atoms with E-state index in [2.05, 4.69) is 5.32 Å². The molecule has 7 heteroatoms. The Bertz CT molecular complexity index is 609. The van der Waals surface area contributed by atoms with E-state index in [0.29, 0.717) is 18.8 Å². The Morgan fingerprint density at radius 2 is 2.05 bits per heavy atom. The third-order valence-electron chi connectivity index (χ3n) is 3.64. The van der Waals surface area contributed by atoms with Gasteiger partial charge in [-0.25, -0.2) is 13.6 Å². The molecule has 3 N–H and O–H groups in total. The lowest BCUT2D eigenvalue weighted by Gasteiger charge is -2.23. The van der Waals surface area contributed by atoms with Crippen LogP contribution in [0.4, 0.5) is 0 Å². The zero-order valence-electron chi connectivity index (χ0n) is 11.9. The number of hydrogen-bond acceptors (Lipinski definition) is 4. The van der Waals surface area contributed by atoms with Gasteiger partial charge in [-0.05, 0) is 37.5 Å². The molecule has 6 nitrogen and oxygen atoms in total. The van der Waals surface area contributed by atoms with Crippen molar-refractivity contribution in [2.45, 2.75) is 30.7 Å². The first-order valence-electron chi connectivity index (χ1n) is 6.89. The fourth-order valence-corrected chi connectivity index (χ4v) is 2.90. The highest BCUT2D eigenvalue weighted by molar-refractivity contribution is 7.89. The number of rotatable bonds is 4. The Kier molecular flexibility index (Phi) is 4.97. The molecular weight excluding hydrogens is 292 g/mol. The Balaban J connectivity index is 2.06. The largest absolute Gasteiger partial charge is 0.381 e. The molecule has 21 heavy (non-hydrogen) atoms. The molecule has 1 atom stereocenters. The van der Waals surface area contributed by atoms with E-state index in [-0.39, 0.29) is 22.8 Å². The predicted molar refractivity (Wildman–Crippen MR) is 77.9 cm³/mol. The molecule has 1 aliphatic heterocycles. The Hall–Kier alpha value is -1.44. The summed E-state index contributed by atoms with van der Waals surface area (Å²) in [6, 6.07) is 6.04. The molecular formula is C14H20N2O4S. The van der Waals surface area contributed by atoms with Crippen LogP contribution in [-0.2, 0) is 19.6 Å². The monoisotopic (exact) mass is 312 g/mol. The fraction of sp³-hybridized carbons (Fsp3) is 0.500. The second kappa shape index (κ2) is 6.55. The molecule has 1 fully saturated rings. The number of benzene rings is 1. The lowest BCUT2D eigenvalue weighted by Crippen LogP contribution is -2.35. The van der Waals surface area contributed by atoms with Gasteiger partial charge in [0, 0.05) is 19.1 Å². The van der Waals surface area contributed by atoms with Gasteiger partial charge in [-0.1, -0.05) is 12.1 Å². The van der Waals surface area contributed by atoms with Crippen molar-refractivity contribution in [3.05, 3.63) is 29.8 Å². The summed E-state index contributed by atoms with van der Waals surface area (Å²) in [4.78, 5) is 12.2. The molecule has 1 aromatic rings. The standard InChI is InChI=1S/C14H20N2O4S/c1-10(16-14(17)11-5-7-20-8-6-11)12-3-2-4-13(9-12)21(15,18)19/h2-4,9-11H,5-8H2,1H3,(H,16,17)(H2,15,18,19). The summed E-state index contributed by atoms with van der Waals surface area (Å²) in [7, 11) is -3.74. The van der Waals surface area contributed by atoms with Gasteiger partial charge in [0.2, 0.25) is 15.9 Å². The van der Waals surface area contributed by atoms with E-state index >= 15 is 0 Å². The SMILES string of the molecule is CC(NC(=O)C1CCOCC1)c1cccc(S(N)(=O)=O)c1. The van der Waals surface area contributed by atoms with Gasteiger partial charge in [-0.3, -0.25) is 4.79 Å². The summed E-state index contributed by atoms with van der Waals surface area (Å²) in [6.45, 7) is 3.03. The van der Waals surface area contributed by atoms with Crippen LogP contribution in [0.25, 0.3) is 0 Å². The average Bonchev–Trinajstić information content (AvgIpc) is 2.47. The van der Waals surface area contributed by atoms with Crippen molar-refractivity contribution in [3.63, 3.8) is 0 Å². The molecule has 1 aliphatic rings. The number of ether oxygens (including phenoxy) is 1. The second-order valence-electron chi connectivity index (χ2n) is 5.23. The van der Waals surface area contributed by atoms with Crippen LogP contribution in [0.15, 0.2) is 29.2 Å². The predicted octanol–water partition coefficient (Wildman–Crippen LogP) is 0.938. The lowest BCUT2D eigenvalue weighted by atomic mass is 9.98. The molecule has 0 aliphatic carbocycles. The molecule has 1 heterocycles. The topological polar surface area (TPSA) is 98.5 Å². The smallest absolute Gasteiger partial charge is 0.238 e. The molecule has 0 radical (unpaired) electrons. The Labute approximate surface area is 124 Å². The van der Waals surface area contributed by atoms with Crippen molar-refractivity contribution in [1.82, 2.24) is 5.32 Å². The molecule has 0 bridgehead atoms. The van der Waals surface area contributed by atoms with Crippen molar-refractivity contribution in [2.24, 2.45) is 11.1 Å². The van der Waals surface area contributed by atoms with Crippen LogP contribution in [0.3, 0.4) is 0 Å². The fourth-order valence-electron chi connectivity index (χ4n) is 2.34. The summed E-state index contributed by atoms with van der Waals surface area (Å²) in [6.07, 6.45) is 1.44. The van der Waals surface area contributed by atoms with Crippen molar-refractivity contribution in [1.29, 1.82) is 0 Å². The van der Waals surface area contributed by atoms with E-state index in [9.17, 15) is 13.2 Å². The molecule has 0 saturated carbocycles. The van der Waals surface area contributed by atoms with E-state index in [0.717, 1.165) is 12.8 Å². The maximum Gasteiger partial charge on any atom is 0.238 e. The molecule has 0 aromatic heterocycles. The number of carbonyl (C=O) groups is 1. The van der Waals surface area contributed by atoms with Crippen LogP contribution in [-0.4, -0.2) is 27.5 Å². The van der Waals surface area contributed by atoms with Crippen molar-refractivity contribution in [2.75, 3.05) is 13.2 Å². The van der Waals surface area contributed by atoms with Gasteiger partial charge < -0.3 is 10.1 Å². The number of nitrogens with two attached hydrogens (primary N) is 1. The minimum absolute atomic E-state index is 0.0215. The molecule has 0 spiro atoms. The number of nitrogens with one attached hydrogen (secondary N) is 1. The third-order valence-corrected chi connectivity index (χ3v) is 4.55. The molecule has 1 amide bonds. The average molecular weight is 312 g/mol. The van der Waals surface area contributed by atoms with Crippen LogP contribution in [0, 0.1) is 5.92 Å². The van der Waals surface area contributed by atoms with Gasteiger partial charge in [0.25, 0.3) is 0 Å². The maximum absolute atomic E-state index is 12.2. The minimum atomic E-state index is -3.74. The maximum atomic E-state index is 12.2. The normalized spacial score (nSPS) is 18.2. The Morgan fingerprint density at radius 3 is 2.67 bits per heavy atom. The summed E-state index contributed by atoms with van der Waals surface area (Å²) >= 11 is 0. The minimum Gasteiger partial charge on any atom is -0.381 e. The van der Waals surface area contributed by atoms with E-state index in [4.69, 9.17) is 9.88 Å². The van der Waals surface area contributed by atoms with E-state index in [1.54, 1.807) is 12.1 Å². The first-order valence-corrected chi connectivity index (χ1v) is 8.43. The van der Waals surface area contributed by atoms with Crippen LogP contribution in [0.1, 0.15) is 31.4 Å². The molecule has 1 aromatic carbocycles. The first kappa shape index (κ1) is 15.9. The first-order chi connectivity index (χ1) is 9.88. The summed E-state index contributed by atoms with van der Waals surface area (Å²) in [5.41, 5.74) is 0.710. The second-order valence-corrected chi connectivity index (χ2v) is 6.80. The highest BCUT2D eigenvalue weighted by atomic mass is 32.2. The van der Waals surface area contributed by atoms with Crippen LogP contribution < -0.4 is 10.5 Å². The number of amides is 1. The number of sulfonamides is 1. The van der Waals surface area contributed by atoms with Gasteiger partial charge in [-0.15, -0.1) is 0 Å². The lowest BCUT2D eigenvalue weighted by molar-refractivity contribution is -0.128. The van der Waals surface area contributed by atoms with E-state index in [1.165, 1.54) is 12.1 Å². The van der Waals surface area contributed by atoms with E-state index in [1.807, 2.05) is 6.92 Å². The van der Waals surface area contributed by atoms with Crippen LogP contribution in [0.5, 0.6) is 0 Å². The van der Waals surface area contributed by atoms with Gasteiger partial charge >= 0.3 is 0 Å². The zero-order chi connectivity index (χ0) is 15.5. The molecule has 1 unspecified atom stereocenters. The van der Waals surface area contributed by atoms with Crippen molar-refractivity contribution < 1.29 is 17.9 Å². The highest BCUT2D eigenvalue weighted by Gasteiger charge is 2.23. The van der Waals surface area contributed by atoms with Crippen LogP contribution in [0.2, 0.25) is 0 Å². The summed E-state index contributed by atoms with van der Waals surface area (Å²) in [5, 5.41) is 8.03.